The van der Waals surface area contributed by atoms with Gasteiger partial charge in [0.25, 0.3) is 5.91 Å². The highest BCUT2D eigenvalue weighted by Gasteiger charge is 2.21. The van der Waals surface area contributed by atoms with Crippen LogP contribution in [0.3, 0.4) is 0 Å². The summed E-state index contributed by atoms with van der Waals surface area (Å²) in [5.41, 5.74) is 3.39. The summed E-state index contributed by atoms with van der Waals surface area (Å²) in [6.07, 6.45) is -1.05. The summed E-state index contributed by atoms with van der Waals surface area (Å²) in [4.78, 5) is 32.7. The maximum Gasteiger partial charge on any atom is 0.338 e. The van der Waals surface area contributed by atoms with Gasteiger partial charge < -0.3 is 24.5 Å². The molecule has 3 aromatic rings. The molecule has 0 saturated carbocycles. The fraction of sp³-hybridized carbons (Fsp3) is 0.261. The van der Waals surface area contributed by atoms with Gasteiger partial charge in [0.2, 0.25) is 0 Å². The Kier molecular flexibility index (Phi) is 7.05. The van der Waals surface area contributed by atoms with Crippen molar-refractivity contribution in [1.82, 2.24) is 9.97 Å². The molecule has 0 saturated heterocycles. The molecule has 3 rings (SSSR count). The first-order valence-corrected chi connectivity index (χ1v) is 10.2. The minimum Gasteiger partial charge on any atom is -0.495 e. The predicted molar refractivity (Wildman–Crippen MR) is 122 cm³/mol. The molecule has 0 aliphatic heterocycles. The number of imidazole rings is 1. The maximum absolute atomic E-state index is 12.6. The number of hydrogen-bond acceptors (Lipinski definition) is 6. The second-order valence-electron chi connectivity index (χ2n) is 7.10. The Balaban J connectivity index is 1.66. The molecule has 1 heterocycles. The lowest BCUT2D eigenvalue weighted by Gasteiger charge is -2.16. The Bertz CT molecular complexity index is 1120. The molecule has 8 nitrogen and oxygen atoms in total. The van der Waals surface area contributed by atoms with E-state index in [1.807, 2.05) is 13.8 Å². The minimum absolute atomic E-state index is 0.301. The van der Waals surface area contributed by atoms with Crippen LogP contribution in [0.15, 0.2) is 36.4 Å². The highest BCUT2D eigenvalue weighted by Crippen LogP contribution is 2.36. The van der Waals surface area contributed by atoms with Gasteiger partial charge in [0.15, 0.2) is 6.10 Å². The van der Waals surface area contributed by atoms with Crippen LogP contribution < -0.4 is 14.8 Å². The van der Waals surface area contributed by atoms with Crippen LogP contribution in [0.5, 0.6) is 11.5 Å². The number of esters is 1. The van der Waals surface area contributed by atoms with Gasteiger partial charge in [-0.1, -0.05) is 23.7 Å². The van der Waals surface area contributed by atoms with E-state index in [0.29, 0.717) is 27.8 Å². The summed E-state index contributed by atoms with van der Waals surface area (Å²) in [6, 6.07) is 9.84. The highest BCUT2D eigenvalue weighted by atomic mass is 35.5. The number of nitrogens with one attached hydrogen (secondary N) is 2. The molecule has 0 bridgehead atoms. The quantitative estimate of drug-likeness (QED) is 0.504. The van der Waals surface area contributed by atoms with Gasteiger partial charge in [0.05, 0.1) is 36.2 Å². The first kappa shape index (κ1) is 23.1. The van der Waals surface area contributed by atoms with Gasteiger partial charge in [-0.15, -0.1) is 0 Å². The molecular formula is C23H24ClN3O5. The van der Waals surface area contributed by atoms with Crippen molar-refractivity contribution in [1.29, 1.82) is 0 Å². The summed E-state index contributed by atoms with van der Waals surface area (Å²) in [5, 5.41) is 2.96. The van der Waals surface area contributed by atoms with Gasteiger partial charge in [0.1, 0.15) is 17.3 Å². The molecule has 2 aromatic carbocycles. The average Bonchev–Trinajstić information content (AvgIpc) is 3.12. The van der Waals surface area contributed by atoms with E-state index < -0.39 is 18.0 Å². The zero-order chi connectivity index (χ0) is 23.4. The van der Waals surface area contributed by atoms with Gasteiger partial charge in [-0.25, -0.2) is 9.78 Å². The fourth-order valence-corrected chi connectivity index (χ4v) is 3.16. The fourth-order valence-electron chi connectivity index (χ4n) is 2.92. The molecule has 0 aliphatic rings. The Morgan fingerprint density at radius 3 is 2.28 bits per heavy atom. The SMILES string of the molecule is COc1cc(OC)c(NC(=O)C(C)OC(=O)c2ccc(-c3nc(C)c(C)[nH]3)cc2)cc1Cl. The lowest BCUT2D eigenvalue weighted by atomic mass is 10.1. The van der Waals surface area contributed by atoms with Crippen LogP contribution in [0.4, 0.5) is 5.69 Å². The zero-order valence-electron chi connectivity index (χ0n) is 18.4. The third-order valence-electron chi connectivity index (χ3n) is 4.91. The van der Waals surface area contributed by atoms with Crippen LogP contribution >= 0.6 is 11.6 Å². The van der Waals surface area contributed by atoms with Gasteiger partial charge >= 0.3 is 5.97 Å². The maximum atomic E-state index is 12.6. The number of nitrogens with zero attached hydrogens (tertiary/aromatic N) is 1. The number of aryl methyl sites for hydroxylation is 2. The van der Waals surface area contributed by atoms with Crippen molar-refractivity contribution in [3.63, 3.8) is 0 Å². The number of aromatic amines is 1. The van der Waals surface area contributed by atoms with E-state index in [9.17, 15) is 9.59 Å². The summed E-state index contributed by atoms with van der Waals surface area (Å²) >= 11 is 6.13. The monoisotopic (exact) mass is 457 g/mol. The van der Waals surface area contributed by atoms with Crippen LogP contribution in [-0.4, -0.2) is 42.2 Å². The van der Waals surface area contributed by atoms with E-state index in [1.165, 1.54) is 27.2 Å². The standard InChI is InChI=1S/C23H24ClN3O5/c1-12-13(2)26-21(25-12)15-6-8-16(9-7-15)23(29)32-14(3)22(28)27-18-10-17(24)19(30-4)11-20(18)31-5/h6-11,14H,1-5H3,(H,25,26)(H,27,28). The second kappa shape index (κ2) is 9.74. The topological polar surface area (TPSA) is 103 Å². The molecule has 1 unspecified atom stereocenters. The molecular weight excluding hydrogens is 434 g/mol. The molecule has 0 aliphatic carbocycles. The van der Waals surface area contributed by atoms with Gasteiger partial charge in [0, 0.05) is 17.3 Å². The molecule has 9 heteroatoms. The Hall–Kier alpha value is -3.52. The number of carbonyl (C=O) groups is 2. The molecule has 1 aromatic heterocycles. The molecule has 1 atom stereocenters. The molecule has 1 amide bonds. The number of halogens is 1. The second-order valence-corrected chi connectivity index (χ2v) is 7.50. The normalized spacial score (nSPS) is 11.6. The number of rotatable bonds is 7. The number of aromatic nitrogens is 2. The number of ether oxygens (including phenoxy) is 3. The number of anilines is 1. The summed E-state index contributed by atoms with van der Waals surface area (Å²) < 4.78 is 15.7. The smallest absolute Gasteiger partial charge is 0.338 e. The molecule has 0 radical (unpaired) electrons. The number of carbonyl (C=O) groups excluding carboxylic acids is 2. The third kappa shape index (κ3) is 5.03. The number of methoxy groups -OCH3 is 2. The van der Waals surface area contributed by atoms with Crippen molar-refractivity contribution in [2.24, 2.45) is 0 Å². The van der Waals surface area contributed by atoms with Crippen LogP contribution in [0, 0.1) is 13.8 Å². The van der Waals surface area contributed by atoms with Crippen LogP contribution in [0.2, 0.25) is 5.02 Å². The van der Waals surface area contributed by atoms with Crippen LogP contribution in [0.1, 0.15) is 28.7 Å². The van der Waals surface area contributed by atoms with Gasteiger partial charge in [-0.05, 0) is 39.0 Å². The van der Waals surface area contributed by atoms with E-state index >= 15 is 0 Å². The number of hydrogen-bond donors (Lipinski definition) is 2. The van der Waals surface area contributed by atoms with Crippen molar-refractivity contribution < 1.29 is 23.8 Å². The zero-order valence-corrected chi connectivity index (χ0v) is 19.2. The van der Waals surface area contributed by atoms with Crippen molar-refractivity contribution in [3.8, 4) is 22.9 Å². The van der Waals surface area contributed by atoms with Crippen molar-refractivity contribution in [3.05, 3.63) is 58.4 Å². The Morgan fingerprint density at radius 1 is 1.06 bits per heavy atom. The summed E-state index contributed by atoms with van der Waals surface area (Å²) in [7, 11) is 2.93. The van der Waals surface area contributed by atoms with E-state index in [4.69, 9.17) is 25.8 Å². The molecule has 0 spiro atoms. The number of benzene rings is 2. The number of H-pyrrole nitrogens is 1. The van der Waals surface area contributed by atoms with Crippen molar-refractivity contribution in [2.45, 2.75) is 26.9 Å². The Labute approximate surface area is 190 Å². The van der Waals surface area contributed by atoms with Crippen LogP contribution in [-0.2, 0) is 9.53 Å². The number of amides is 1. The average molecular weight is 458 g/mol. The molecule has 2 N–H and O–H groups in total. The highest BCUT2D eigenvalue weighted by molar-refractivity contribution is 6.32. The largest absolute Gasteiger partial charge is 0.495 e. The first-order valence-electron chi connectivity index (χ1n) is 9.80. The molecule has 168 valence electrons. The van der Waals surface area contributed by atoms with E-state index in [1.54, 1.807) is 30.3 Å². The minimum atomic E-state index is -1.05. The van der Waals surface area contributed by atoms with Crippen molar-refractivity contribution in [2.75, 3.05) is 19.5 Å². The van der Waals surface area contributed by atoms with Crippen LogP contribution in [0.25, 0.3) is 11.4 Å². The predicted octanol–water partition coefficient (Wildman–Crippen LogP) is 4.55. The van der Waals surface area contributed by atoms with E-state index in [-0.39, 0.29) is 0 Å². The lowest BCUT2D eigenvalue weighted by Crippen LogP contribution is -2.30. The third-order valence-corrected chi connectivity index (χ3v) is 5.20. The van der Waals surface area contributed by atoms with Crippen molar-refractivity contribution >= 4 is 29.2 Å². The molecule has 32 heavy (non-hydrogen) atoms. The van der Waals surface area contributed by atoms with E-state index in [0.717, 1.165) is 22.8 Å². The van der Waals surface area contributed by atoms with E-state index in [2.05, 4.69) is 15.3 Å². The lowest BCUT2D eigenvalue weighted by molar-refractivity contribution is -0.123. The molecule has 0 fully saturated rings. The summed E-state index contributed by atoms with van der Waals surface area (Å²) in [5.74, 6) is 0.336. The van der Waals surface area contributed by atoms with Gasteiger partial charge in [-0.3, -0.25) is 4.79 Å². The summed E-state index contributed by atoms with van der Waals surface area (Å²) in [6.45, 7) is 5.34. The first-order chi connectivity index (χ1) is 15.2. The Morgan fingerprint density at radius 2 is 1.72 bits per heavy atom. The van der Waals surface area contributed by atoms with Gasteiger partial charge in [-0.2, -0.15) is 0 Å².